The lowest BCUT2D eigenvalue weighted by Gasteiger charge is -2.31. The fourth-order valence-electron chi connectivity index (χ4n) is 3.51. The van der Waals surface area contributed by atoms with Gasteiger partial charge >= 0.3 is 0 Å². The van der Waals surface area contributed by atoms with Gasteiger partial charge in [0.1, 0.15) is 5.76 Å². The molecule has 2 aliphatic rings. The summed E-state index contributed by atoms with van der Waals surface area (Å²) in [5, 5.41) is 2.92. The SMILES string of the molecule is Cc1ccc(C(=O)NC2CCN(S(=O)(=O)c3ccc4c(c3)OCCCO4)CC2)o1. The van der Waals surface area contributed by atoms with Gasteiger partial charge in [0.15, 0.2) is 17.3 Å². The highest BCUT2D eigenvalue weighted by atomic mass is 32.2. The minimum absolute atomic E-state index is 0.0943. The quantitative estimate of drug-likeness (QED) is 0.815. The molecule has 0 spiro atoms. The molecule has 0 unspecified atom stereocenters. The number of ether oxygens (including phenoxy) is 2. The predicted molar refractivity (Wildman–Crippen MR) is 105 cm³/mol. The molecule has 9 heteroatoms. The van der Waals surface area contributed by atoms with Crippen LogP contribution in [0.1, 0.15) is 35.6 Å². The molecule has 0 saturated carbocycles. The summed E-state index contributed by atoms with van der Waals surface area (Å²) < 4.78 is 44.0. The number of hydrogen-bond donors (Lipinski definition) is 1. The molecule has 8 nitrogen and oxygen atoms in total. The van der Waals surface area contributed by atoms with Crippen LogP contribution < -0.4 is 14.8 Å². The summed E-state index contributed by atoms with van der Waals surface area (Å²) in [7, 11) is -3.64. The zero-order valence-electron chi connectivity index (χ0n) is 16.2. The van der Waals surface area contributed by atoms with Gasteiger partial charge in [0.05, 0.1) is 18.1 Å². The minimum atomic E-state index is -3.64. The molecular weight excluding hydrogens is 396 g/mol. The molecule has 0 atom stereocenters. The highest BCUT2D eigenvalue weighted by Crippen LogP contribution is 2.33. The highest BCUT2D eigenvalue weighted by Gasteiger charge is 2.31. The van der Waals surface area contributed by atoms with Gasteiger partial charge in [-0.1, -0.05) is 0 Å². The third-order valence-electron chi connectivity index (χ3n) is 5.11. The van der Waals surface area contributed by atoms with Gasteiger partial charge in [0.2, 0.25) is 10.0 Å². The second kappa shape index (κ2) is 8.08. The number of piperidine rings is 1. The van der Waals surface area contributed by atoms with Crippen molar-refractivity contribution in [3.8, 4) is 11.5 Å². The lowest BCUT2D eigenvalue weighted by molar-refractivity contribution is 0.0894. The number of sulfonamides is 1. The second-order valence-corrected chi connectivity index (χ2v) is 9.16. The maximum absolute atomic E-state index is 13.0. The van der Waals surface area contributed by atoms with Crippen LogP contribution in [0.3, 0.4) is 0 Å². The van der Waals surface area contributed by atoms with E-state index in [2.05, 4.69) is 5.32 Å². The molecule has 0 bridgehead atoms. The van der Waals surface area contributed by atoms with E-state index in [4.69, 9.17) is 13.9 Å². The number of carbonyl (C=O) groups excluding carboxylic acids is 1. The van der Waals surface area contributed by atoms with Crippen LogP contribution in [0.15, 0.2) is 39.6 Å². The summed E-state index contributed by atoms with van der Waals surface area (Å²) in [5.74, 6) is 1.69. The van der Waals surface area contributed by atoms with Crippen LogP contribution in [-0.2, 0) is 10.0 Å². The number of carbonyl (C=O) groups is 1. The molecule has 1 amide bonds. The molecule has 1 saturated heterocycles. The first-order valence-electron chi connectivity index (χ1n) is 9.70. The Morgan fingerprint density at radius 2 is 1.79 bits per heavy atom. The van der Waals surface area contributed by atoms with Gasteiger partial charge in [-0.05, 0) is 44.0 Å². The summed E-state index contributed by atoms with van der Waals surface area (Å²) in [6.45, 7) is 3.49. The number of nitrogens with one attached hydrogen (secondary N) is 1. The topological polar surface area (TPSA) is 98.1 Å². The first-order chi connectivity index (χ1) is 13.9. The second-order valence-electron chi connectivity index (χ2n) is 7.22. The number of amides is 1. The zero-order valence-corrected chi connectivity index (χ0v) is 17.0. The number of nitrogens with zero attached hydrogens (tertiary/aromatic N) is 1. The van der Waals surface area contributed by atoms with Crippen molar-refractivity contribution in [3.63, 3.8) is 0 Å². The number of fused-ring (bicyclic) bond motifs is 1. The molecule has 1 fully saturated rings. The monoisotopic (exact) mass is 420 g/mol. The average Bonchev–Trinajstić information content (AvgIpc) is 3.01. The maximum atomic E-state index is 13.0. The van der Waals surface area contributed by atoms with E-state index in [1.165, 1.54) is 10.4 Å². The number of rotatable bonds is 4. The highest BCUT2D eigenvalue weighted by molar-refractivity contribution is 7.89. The van der Waals surface area contributed by atoms with Crippen LogP contribution in [0.2, 0.25) is 0 Å². The smallest absolute Gasteiger partial charge is 0.287 e. The summed E-state index contributed by atoms with van der Waals surface area (Å²) in [6, 6.07) is 8.00. The molecule has 2 aliphatic heterocycles. The van der Waals surface area contributed by atoms with E-state index in [1.54, 1.807) is 31.2 Å². The third-order valence-corrected chi connectivity index (χ3v) is 7.00. The van der Waals surface area contributed by atoms with Crippen molar-refractivity contribution in [1.29, 1.82) is 0 Å². The molecule has 0 radical (unpaired) electrons. The van der Waals surface area contributed by atoms with E-state index >= 15 is 0 Å². The lowest BCUT2D eigenvalue weighted by Crippen LogP contribution is -2.46. The van der Waals surface area contributed by atoms with Crippen molar-refractivity contribution in [2.24, 2.45) is 0 Å². The summed E-state index contributed by atoms with van der Waals surface area (Å²) in [5.41, 5.74) is 0. The largest absolute Gasteiger partial charge is 0.490 e. The van der Waals surface area contributed by atoms with Crippen molar-refractivity contribution >= 4 is 15.9 Å². The van der Waals surface area contributed by atoms with Crippen molar-refractivity contribution in [2.45, 2.75) is 37.1 Å². The van der Waals surface area contributed by atoms with E-state index in [9.17, 15) is 13.2 Å². The maximum Gasteiger partial charge on any atom is 0.287 e. The van der Waals surface area contributed by atoms with Gasteiger partial charge in [-0.15, -0.1) is 0 Å². The van der Waals surface area contributed by atoms with Gasteiger partial charge in [-0.25, -0.2) is 8.42 Å². The van der Waals surface area contributed by atoms with E-state index < -0.39 is 10.0 Å². The molecule has 1 aromatic carbocycles. The summed E-state index contributed by atoms with van der Waals surface area (Å²) >= 11 is 0. The van der Waals surface area contributed by atoms with E-state index in [-0.39, 0.29) is 22.6 Å². The number of hydrogen-bond acceptors (Lipinski definition) is 6. The van der Waals surface area contributed by atoms with Gasteiger partial charge in [0.25, 0.3) is 5.91 Å². The molecule has 4 rings (SSSR count). The van der Waals surface area contributed by atoms with Crippen molar-refractivity contribution in [2.75, 3.05) is 26.3 Å². The van der Waals surface area contributed by atoms with Gasteiger partial charge in [-0.2, -0.15) is 4.31 Å². The molecule has 156 valence electrons. The number of benzene rings is 1. The average molecular weight is 420 g/mol. The number of furan rings is 1. The Balaban J connectivity index is 1.40. The van der Waals surface area contributed by atoms with Crippen LogP contribution in [0.5, 0.6) is 11.5 Å². The Morgan fingerprint density at radius 1 is 1.07 bits per heavy atom. The molecule has 1 aromatic heterocycles. The summed E-state index contributed by atoms with van der Waals surface area (Å²) in [4.78, 5) is 12.4. The lowest BCUT2D eigenvalue weighted by atomic mass is 10.1. The van der Waals surface area contributed by atoms with E-state index in [0.717, 1.165) is 6.42 Å². The van der Waals surface area contributed by atoms with Crippen LogP contribution in [0.4, 0.5) is 0 Å². The fraction of sp³-hybridized carbons (Fsp3) is 0.450. The molecule has 0 aliphatic carbocycles. The first kappa shape index (κ1) is 19.8. The molecule has 2 aromatic rings. The molecule has 1 N–H and O–H groups in total. The number of aryl methyl sites for hydroxylation is 1. The predicted octanol–water partition coefficient (Wildman–Crippen LogP) is 2.33. The normalized spacial score (nSPS) is 18.2. The van der Waals surface area contributed by atoms with Crippen molar-refractivity contribution in [1.82, 2.24) is 9.62 Å². The first-order valence-corrected chi connectivity index (χ1v) is 11.1. The van der Waals surface area contributed by atoms with Crippen LogP contribution >= 0.6 is 0 Å². The fourth-order valence-corrected chi connectivity index (χ4v) is 4.99. The van der Waals surface area contributed by atoms with Crippen molar-refractivity contribution in [3.05, 3.63) is 41.9 Å². The Labute approximate surface area is 169 Å². The van der Waals surface area contributed by atoms with E-state index in [0.29, 0.717) is 56.4 Å². The Hall–Kier alpha value is -2.52. The summed E-state index contributed by atoms with van der Waals surface area (Å²) in [6.07, 6.45) is 1.83. The van der Waals surface area contributed by atoms with Gasteiger partial charge in [-0.3, -0.25) is 4.79 Å². The zero-order chi connectivity index (χ0) is 20.4. The Bertz CT molecular complexity index is 992. The van der Waals surface area contributed by atoms with Crippen molar-refractivity contribution < 1.29 is 27.1 Å². The Morgan fingerprint density at radius 3 is 2.48 bits per heavy atom. The van der Waals surface area contributed by atoms with Gasteiger partial charge < -0.3 is 19.2 Å². The Kier molecular flexibility index (Phi) is 5.51. The molecule has 29 heavy (non-hydrogen) atoms. The molecule has 3 heterocycles. The molecular formula is C20H24N2O6S. The van der Waals surface area contributed by atoms with Crippen LogP contribution in [0.25, 0.3) is 0 Å². The van der Waals surface area contributed by atoms with Crippen LogP contribution in [-0.4, -0.2) is 51.0 Å². The van der Waals surface area contributed by atoms with E-state index in [1.807, 2.05) is 0 Å². The van der Waals surface area contributed by atoms with Gasteiger partial charge in [0, 0.05) is 31.6 Å². The van der Waals surface area contributed by atoms with Crippen LogP contribution in [0, 0.1) is 6.92 Å². The standard InChI is InChI=1S/C20H24N2O6S/c1-14-3-5-18(28-14)20(23)21-15-7-9-22(10-8-15)29(24,25)16-4-6-17-19(13-16)27-12-2-11-26-17/h3-6,13,15H,2,7-12H2,1H3,(H,21,23). The minimum Gasteiger partial charge on any atom is -0.490 e. The third kappa shape index (κ3) is 4.25.